The third kappa shape index (κ3) is 7.40. The number of aromatic nitrogens is 1. The Morgan fingerprint density at radius 1 is 1.14 bits per heavy atom. The summed E-state index contributed by atoms with van der Waals surface area (Å²) in [5, 5.41) is 9.04. The predicted octanol–water partition coefficient (Wildman–Crippen LogP) is 2.96. The molecule has 0 aromatic carbocycles. The molecular weight excluding hydrogens is 325 g/mol. The van der Waals surface area contributed by atoms with E-state index in [-0.39, 0.29) is 48.5 Å². The second kappa shape index (κ2) is 11.7. The van der Waals surface area contributed by atoms with Gasteiger partial charge < -0.3 is 16.6 Å². The van der Waals surface area contributed by atoms with E-state index < -0.39 is 5.97 Å². The first-order valence-electron chi connectivity index (χ1n) is 7.19. The number of nitrogens with two attached hydrogens (primary N) is 2. The van der Waals surface area contributed by atoms with Crippen molar-refractivity contribution in [2.24, 2.45) is 11.5 Å². The van der Waals surface area contributed by atoms with Crippen molar-refractivity contribution in [2.45, 2.75) is 57.5 Å². The summed E-state index contributed by atoms with van der Waals surface area (Å²) in [6.45, 7) is 4.09. The molecule has 1 aromatic heterocycles. The molecule has 0 spiro atoms. The first-order chi connectivity index (χ1) is 9.47. The van der Waals surface area contributed by atoms with Gasteiger partial charge in [-0.05, 0) is 37.8 Å². The summed E-state index contributed by atoms with van der Waals surface area (Å²) in [5.74, 6) is -0.899. The maximum Gasteiger partial charge on any atom is 0.354 e. The van der Waals surface area contributed by atoms with Crippen molar-refractivity contribution in [3.63, 3.8) is 0 Å². The van der Waals surface area contributed by atoms with E-state index in [0.29, 0.717) is 0 Å². The molecule has 2 atom stereocenters. The Hall–Kier alpha value is -0.880. The third-order valence-corrected chi connectivity index (χ3v) is 3.63. The van der Waals surface area contributed by atoms with Gasteiger partial charge in [0.1, 0.15) is 5.69 Å². The SMILES string of the molecule is CCC(N)CC(CC(N)CC)c1cccc(C(=O)O)n1.Cl.Cl. The van der Waals surface area contributed by atoms with Crippen LogP contribution in [-0.4, -0.2) is 28.1 Å². The van der Waals surface area contributed by atoms with E-state index in [9.17, 15) is 4.79 Å². The summed E-state index contributed by atoms with van der Waals surface area (Å²) < 4.78 is 0. The molecule has 0 fully saturated rings. The van der Waals surface area contributed by atoms with Gasteiger partial charge in [0, 0.05) is 23.7 Å². The monoisotopic (exact) mass is 351 g/mol. The lowest BCUT2D eigenvalue weighted by atomic mass is 9.88. The van der Waals surface area contributed by atoms with Crippen LogP contribution in [-0.2, 0) is 0 Å². The third-order valence-electron chi connectivity index (χ3n) is 3.63. The molecule has 0 amide bonds. The number of nitrogens with zero attached hydrogens (tertiary/aromatic N) is 1. The first kappa shape index (κ1) is 23.4. The van der Waals surface area contributed by atoms with E-state index in [4.69, 9.17) is 16.6 Å². The Morgan fingerprint density at radius 3 is 2.05 bits per heavy atom. The molecule has 0 radical (unpaired) electrons. The second-order valence-electron chi connectivity index (χ2n) is 5.26. The summed E-state index contributed by atoms with van der Waals surface area (Å²) in [5.41, 5.74) is 12.9. The van der Waals surface area contributed by atoms with Crippen molar-refractivity contribution < 1.29 is 9.90 Å². The predicted molar refractivity (Wildman–Crippen MR) is 94.2 cm³/mol. The van der Waals surface area contributed by atoms with Crippen molar-refractivity contribution in [3.05, 3.63) is 29.6 Å². The molecule has 7 heteroatoms. The lowest BCUT2D eigenvalue weighted by molar-refractivity contribution is 0.0690. The average molecular weight is 352 g/mol. The molecule has 1 heterocycles. The number of aromatic carboxylic acids is 1. The topological polar surface area (TPSA) is 102 Å². The van der Waals surface area contributed by atoms with Crippen LogP contribution in [0.15, 0.2) is 18.2 Å². The molecule has 22 heavy (non-hydrogen) atoms. The van der Waals surface area contributed by atoms with Crippen LogP contribution in [0.2, 0.25) is 0 Å². The summed E-state index contributed by atoms with van der Waals surface area (Å²) in [7, 11) is 0. The molecule has 2 unspecified atom stereocenters. The Kier molecular flexibility index (Phi) is 12.4. The number of carbonyl (C=O) groups is 1. The molecule has 0 aliphatic carbocycles. The minimum atomic E-state index is -1.01. The molecule has 0 aliphatic rings. The number of pyridine rings is 1. The zero-order chi connectivity index (χ0) is 15.1. The number of carboxylic acids is 1. The average Bonchev–Trinajstić information content (AvgIpc) is 2.46. The van der Waals surface area contributed by atoms with E-state index in [2.05, 4.69) is 4.98 Å². The smallest absolute Gasteiger partial charge is 0.354 e. The van der Waals surface area contributed by atoms with E-state index in [1.54, 1.807) is 6.07 Å². The Morgan fingerprint density at radius 2 is 1.64 bits per heavy atom. The lowest BCUT2D eigenvalue weighted by Gasteiger charge is -2.23. The van der Waals surface area contributed by atoms with E-state index in [1.807, 2.05) is 19.9 Å². The Bertz CT molecular complexity index is 435. The van der Waals surface area contributed by atoms with Crippen molar-refractivity contribution in [2.75, 3.05) is 0 Å². The maximum absolute atomic E-state index is 11.0. The number of hydrogen-bond acceptors (Lipinski definition) is 4. The normalized spacial score (nSPS) is 14.2. The van der Waals surface area contributed by atoms with E-state index in [0.717, 1.165) is 31.4 Å². The minimum absolute atomic E-state index is 0. The molecule has 1 rings (SSSR count). The molecule has 0 saturated carbocycles. The van der Waals surface area contributed by atoms with Crippen LogP contribution in [0.1, 0.15) is 61.6 Å². The fourth-order valence-corrected chi connectivity index (χ4v) is 2.20. The van der Waals surface area contributed by atoms with Crippen molar-refractivity contribution in [1.82, 2.24) is 4.98 Å². The fourth-order valence-electron chi connectivity index (χ4n) is 2.20. The van der Waals surface area contributed by atoms with Gasteiger partial charge in [0.25, 0.3) is 0 Å². The Balaban J connectivity index is 0. The lowest BCUT2D eigenvalue weighted by Crippen LogP contribution is -2.27. The highest BCUT2D eigenvalue weighted by Gasteiger charge is 2.20. The highest BCUT2D eigenvalue weighted by Crippen LogP contribution is 2.26. The Labute approximate surface area is 144 Å². The number of halogens is 2. The standard InChI is InChI=1S/C15H25N3O2.2ClH/c1-3-11(16)8-10(9-12(17)4-2)13-6-5-7-14(18-13)15(19)20;;/h5-7,10-12H,3-4,8-9,16-17H2,1-2H3,(H,19,20);2*1H. The maximum atomic E-state index is 11.0. The second-order valence-corrected chi connectivity index (χ2v) is 5.26. The molecule has 0 aliphatic heterocycles. The van der Waals surface area contributed by atoms with Gasteiger partial charge in [0.05, 0.1) is 0 Å². The molecule has 5 nitrogen and oxygen atoms in total. The van der Waals surface area contributed by atoms with Crippen LogP contribution < -0.4 is 11.5 Å². The van der Waals surface area contributed by atoms with Crippen molar-refractivity contribution in [3.8, 4) is 0 Å². The van der Waals surface area contributed by atoms with Gasteiger partial charge in [-0.25, -0.2) is 9.78 Å². The number of rotatable bonds is 8. The summed E-state index contributed by atoms with van der Waals surface area (Å²) in [6, 6.07) is 5.26. The zero-order valence-corrected chi connectivity index (χ0v) is 14.7. The van der Waals surface area contributed by atoms with Gasteiger partial charge in [-0.2, -0.15) is 0 Å². The summed E-state index contributed by atoms with van der Waals surface area (Å²) >= 11 is 0. The molecule has 1 aromatic rings. The van der Waals surface area contributed by atoms with Crippen LogP contribution in [0.4, 0.5) is 0 Å². The van der Waals surface area contributed by atoms with Crippen LogP contribution in [0.5, 0.6) is 0 Å². The number of carboxylic acid groups (broad SMARTS) is 1. The van der Waals surface area contributed by atoms with Crippen LogP contribution in [0.25, 0.3) is 0 Å². The fraction of sp³-hybridized carbons (Fsp3) is 0.600. The molecule has 128 valence electrons. The molecule has 5 N–H and O–H groups in total. The van der Waals surface area contributed by atoms with Gasteiger partial charge >= 0.3 is 5.97 Å². The molecular formula is C15H27Cl2N3O2. The minimum Gasteiger partial charge on any atom is -0.477 e. The first-order valence-corrected chi connectivity index (χ1v) is 7.19. The van der Waals surface area contributed by atoms with Crippen molar-refractivity contribution >= 4 is 30.8 Å². The number of hydrogen-bond donors (Lipinski definition) is 3. The van der Waals surface area contributed by atoms with Gasteiger partial charge in [0.15, 0.2) is 0 Å². The van der Waals surface area contributed by atoms with Gasteiger partial charge in [-0.3, -0.25) is 0 Å². The van der Waals surface area contributed by atoms with Crippen LogP contribution in [0.3, 0.4) is 0 Å². The summed E-state index contributed by atoms with van der Waals surface area (Å²) in [6.07, 6.45) is 3.33. The van der Waals surface area contributed by atoms with Gasteiger partial charge in [0.2, 0.25) is 0 Å². The highest BCUT2D eigenvalue weighted by molar-refractivity contribution is 5.86. The quantitative estimate of drug-likeness (QED) is 0.667. The largest absolute Gasteiger partial charge is 0.477 e. The highest BCUT2D eigenvalue weighted by atomic mass is 35.5. The molecule has 0 bridgehead atoms. The van der Waals surface area contributed by atoms with Gasteiger partial charge in [-0.1, -0.05) is 19.9 Å². The zero-order valence-electron chi connectivity index (χ0n) is 13.1. The van der Waals surface area contributed by atoms with E-state index in [1.165, 1.54) is 6.07 Å². The van der Waals surface area contributed by atoms with Crippen molar-refractivity contribution in [1.29, 1.82) is 0 Å². The van der Waals surface area contributed by atoms with Crippen LogP contribution >= 0.6 is 24.8 Å². The van der Waals surface area contributed by atoms with E-state index >= 15 is 0 Å². The van der Waals surface area contributed by atoms with Gasteiger partial charge in [-0.15, -0.1) is 24.8 Å². The van der Waals surface area contributed by atoms with Crippen LogP contribution in [0, 0.1) is 0 Å². The summed E-state index contributed by atoms with van der Waals surface area (Å²) in [4.78, 5) is 15.3. The molecule has 0 saturated heterocycles.